The maximum absolute atomic E-state index is 12.5. The van der Waals surface area contributed by atoms with Crippen molar-refractivity contribution in [3.8, 4) is 0 Å². The lowest BCUT2D eigenvalue weighted by Gasteiger charge is -2.25. The molecule has 1 aromatic rings. The molecule has 25 heavy (non-hydrogen) atoms. The molecular formula is C18H31N5O2. The van der Waals surface area contributed by atoms with Gasteiger partial charge in [-0.2, -0.15) is 0 Å². The molecule has 140 valence electrons. The second kappa shape index (κ2) is 8.99. The number of hydrogen-bond acceptors (Lipinski definition) is 4. The number of aromatic nitrogens is 2. The summed E-state index contributed by atoms with van der Waals surface area (Å²) in [5.41, 5.74) is 1.07. The minimum absolute atomic E-state index is 0.0294. The fourth-order valence-electron chi connectivity index (χ4n) is 3.23. The molecule has 1 aromatic heterocycles. The quantitative estimate of drug-likeness (QED) is 0.835. The van der Waals surface area contributed by atoms with Gasteiger partial charge >= 0.3 is 0 Å². The molecule has 0 unspecified atom stereocenters. The van der Waals surface area contributed by atoms with Gasteiger partial charge in [-0.3, -0.25) is 14.5 Å². The molecule has 1 aliphatic heterocycles. The molecule has 0 bridgehead atoms. The molecular weight excluding hydrogens is 318 g/mol. The normalized spacial score (nSPS) is 18.9. The molecule has 1 saturated heterocycles. The van der Waals surface area contributed by atoms with E-state index in [1.165, 1.54) is 0 Å². The van der Waals surface area contributed by atoms with Crippen molar-refractivity contribution >= 4 is 11.8 Å². The van der Waals surface area contributed by atoms with Crippen LogP contribution in [-0.4, -0.2) is 76.8 Å². The third kappa shape index (κ3) is 5.56. The Hall–Kier alpha value is -1.89. The number of aromatic amines is 1. The first-order chi connectivity index (χ1) is 11.9. The van der Waals surface area contributed by atoms with E-state index in [-0.39, 0.29) is 17.7 Å². The van der Waals surface area contributed by atoms with Gasteiger partial charge in [-0.15, -0.1) is 0 Å². The van der Waals surface area contributed by atoms with Crippen LogP contribution in [0.1, 0.15) is 38.2 Å². The maximum Gasteiger partial charge on any atom is 0.228 e. The average molecular weight is 349 g/mol. The van der Waals surface area contributed by atoms with Gasteiger partial charge in [0, 0.05) is 72.1 Å². The van der Waals surface area contributed by atoms with Gasteiger partial charge in [0.2, 0.25) is 11.8 Å². The highest BCUT2D eigenvalue weighted by Gasteiger charge is 2.30. The summed E-state index contributed by atoms with van der Waals surface area (Å²) in [5, 5.41) is 0. The average Bonchev–Trinajstić information content (AvgIpc) is 2.89. The maximum atomic E-state index is 12.5. The van der Waals surface area contributed by atoms with Crippen molar-refractivity contribution in [2.75, 3.05) is 40.3 Å². The molecule has 2 rings (SSSR count). The SMILES string of the molecule is CCCCc1ncc(CN2CCN(C(C)=O)C[C@H](C(=O)N(C)C)C2)[nH]1. The van der Waals surface area contributed by atoms with Crippen molar-refractivity contribution in [3.05, 3.63) is 17.7 Å². The lowest BCUT2D eigenvalue weighted by atomic mass is 10.1. The van der Waals surface area contributed by atoms with Gasteiger partial charge < -0.3 is 14.8 Å². The number of unbranched alkanes of at least 4 members (excludes halogenated alkanes) is 1. The zero-order valence-electron chi connectivity index (χ0n) is 15.9. The number of nitrogens with one attached hydrogen (secondary N) is 1. The number of imidazole rings is 1. The Morgan fingerprint density at radius 3 is 2.72 bits per heavy atom. The standard InChI is InChI=1S/C18H31N5O2/c1-5-6-7-17-19-10-16(20-17)13-22-8-9-23(14(2)24)12-15(11-22)18(25)21(3)4/h10,15H,5-9,11-13H2,1-4H3,(H,19,20)/t15-/m1/s1. The predicted molar refractivity (Wildman–Crippen MR) is 96.9 cm³/mol. The van der Waals surface area contributed by atoms with Crippen LogP contribution in [0.2, 0.25) is 0 Å². The van der Waals surface area contributed by atoms with Crippen LogP contribution in [0.25, 0.3) is 0 Å². The number of nitrogens with zero attached hydrogens (tertiary/aromatic N) is 4. The molecule has 2 heterocycles. The third-order valence-electron chi connectivity index (χ3n) is 4.68. The highest BCUT2D eigenvalue weighted by atomic mass is 16.2. The number of carbonyl (C=O) groups excluding carboxylic acids is 2. The monoisotopic (exact) mass is 349 g/mol. The summed E-state index contributed by atoms with van der Waals surface area (Å²) < 4.78 is 0. The zero-order chi connectivity index (χ0) is 18.4. The van der Waals surface area contributed by atoms with E-state index in [0.717, 1.165) is 43.9 Å². The van der Waals surface area contributed by atoms with Crippen molar-refractivity contribution in [1.82, 2.24) is 24.7 Å². The van der Waals surface area contributed by atoms with Crippen LogP contribution in [0.4, 0.5) is 0 Å². The minimum atomic E-state index is -0.191. The Morgan fingerprint density at radius 2 is 2.08 bits per heavy atom. The molecule has 7 nitrogen and oxygen atoms in total. The van der Waals surface area contributed by atoms with E-state index in [1.807, 2.05) is 6.20 Å². The number of H-pyrrole nitrogens is 1. The highest BCUT2D eigenvalue weighted by molar-refractivity contribution is 5.80. The smallest absolute Gasteiger partial charge is 0.228 e. The van der Waals surface area contributed by atoms with Crippen LogP contribution in [0.15, 0.2) is 6.20 Å². The van der Waals surface area contributed by atoms with Crippen molar-refractivity contribution in [1.29, 1.82) is 0 Å². The van der Waals surface area contributed by atoms with Gasteiger partial charge in [-0.05, 0) is 6.42 Å². The first-order valence-corrected chi connectivity index (χ1v) is 9.12. The van der Waals surface area contributed by atoms with Crippen molar-refractivity contribution in [2.45, 2.75) is 39.7 Å². The molecule has 1 fully saturated rings. The Morgan fingerprint density at radius 1 is 1.32 bits per heavy atom. The summed E-state index contributed by atoms with van der Waals surface area (Å²) in [7, 11) is 3.54. The number of aryl methyl sites for hydroxylation is 1. The van der Waals surface area contributed by atoms with E-state index >= 15 is 0 Å². The lowest BCUT2D eigenvalue weighted by molar-refractivity contribution is -0.135. The number of amides is 2. The predicted octanol–water partition coefficient (Wildman–Crippen LogP) is 1.12. The molecule has 2 amide bonds. The van der Waals surface area contributed by atoms with E-state index in [1.54, 1.807) is 30.8 Å². The van der Waals surface area contributed by atoms with E-state index in [4.69, 9.17) is 0 Å². The van der Waals surface area contributed by atoms with Crippen LogP contribution in [0.3, 0.4) is 0 Å². The Kier molecular flexibility index (Phi) is 6.99. The molecule has 1 atom stereocenters. The topological polar surface area (TPSA) is 72.5 Å². The van der Waals surface area contributed by atoms with Gasteiger partial charge in [-0.25, -0.2) is 4.98 Å². The van der Waals surface area contributed by atoms with Crippen LogP contribution >= 0.6 is 0 Å². The summed E-state index contributed by atoms with van der Waals surface area (Å²) in [6, 6.07) is 0. The number of carbonyl (C=O) groups is 2. The van der Waals surface area contributed by atoms with Gasteiger partial charge in [-0.1, -0.05) is 13.3 Å². The van der Waals surface area contributed by atoms with Gasteiger partial charge in [0.1, 0.15) is 5.82 Å². The Bertz CT molecular complexity index is 584. The fourth-order valence-corrected chi connectivity index (χ4v) is 3.23. The molecule has 0 aromatic carbocycles. The van der Waals surface area contributed by atoms with Crippen LogP contribution in [-0.2, 0) is 22.6 Å². The fraction of sp³-hybridized carbons (Fsp3) is 0.722. The minimum Gasteiger partial charge on any atom is -0.348 e. The van der Waals surface area contributed by atoms with Crippen molar-refractivity contribution in [2.24, 2.45) is 5.92 Å². The van der Waals surface area contributed by atoms with Crippen molar-refractivity contribution < 1.29 is 9.59 Å². The van der Waals surface area contributed by atoms with E-state index in [2.05, 4.69) is 21.8 Å². The second-order valence-electron chi connectivity index (χ2n) is 7.09. The van der Waals surface area contributed by atoms with Crippen LogP contribution in [0, 0.1) is 5.92 Å². The zero-order valence-corrected chi connectivity index (χ0v) is 15.9. The van der Waals surface area contributed by atoms with E-state index < -0.39 is 0 Å². The molecule has 1 N–H and O–H groups in total. The first kappa shape index (κ1) is 19.4. The van der Waals surface area contributed by atoms with E-state index in [9.17, 15) is 9.59 Å². The Labute approximate surface area is 150 Å². The number of hydrogen-bond donors (Lipinski definition) is 1. The molecule has 0 radical (unpaired) electrons. The third-order valence-corrected chi connectivity index (χ3v) is 4.68. The van der Waals surface area contributed by atoms with E-state index in [0.29, 0.717) is 19.6 Å². The molecule has 1 aliphatic rings. The summed E-state index contributed by atoms with van der Waals surface area (Å²) in [6.07, 6.45) is 5.14. The number of rotatable bonds is 6. The van der Waals surface area contributed by atoms with Crippen molar-refractivity contribution in [3.63, 3.8) is 0 Å². The highest BCUT2D eigenvalue weighted by Crippen LogP contribution is 2.15. The van der Waals surface area contributed by atoms with Crippen LogP contribution < -0.4 is 0 Å². The summed E-state index contributed by atoms with van der Waals surface area (Å²) in [5.74, 6) is 0.940. The van der Waals surface area contributed by atoms with Gasteiger partial charge in [0.15, 0.2) is 0 Å². The summed E-state index contributed by atoms with van der Waals surface area (Å²) in [4.78, 5) is 37.8. The Balaban J connectivity index is 2.04. The molecule has 0 aliphatic carbocycles. The summed E-state index contributed by atoms with van der Waals surface area (Å²) >= 11 is 0. The lowest BCUT2D eigenvalue weighted by Crippen LogP contribution is -2.41. The van der Waals surface area contributed by atoms with Crippen LogP contribution in [0.5, 0.6) is 0 Å². The largest absolute Gasteiger partial charge is 0.348 e. The summed E-state index contributed by atoms with van der Waals surface area (Å²) in [6.45, 7) is 7.04. The molecule has 0 saturated carbocycles. The molecule has 0 spiro atoms. The molecule has 7 heteroatoms. The first-order valence-electron chi connectivity index (χ1n) is 9.12. The van der Waals surface area contributed by atoms with Gasteiger partial charge in [0.25, 0.3) is 0 Å². The second-order valence-corrected chi connectivity index (χ2v) is 7.09. The van der Waals surface area contributed by atoms with Gasteiger partial charge in [0.05, 0.1) is 5.92 Å².